The Morgan fingerprint density at radius 1 is 1.00 bits per heavy atom. The van der Waals surface area contributed by atoms with Crippen molar-refractivity contribution >= 4 is 9.84 Å². The largest absolute Gasteiger partial charge is 0.229 e. The number of hydrogen-bond donors (Lipinski definition) is 0. The van der Waals surface area contributed by atoms with Crippen LogP contribution in [-0.4, -0.2) is 19.4 Å². The second-order valence-corrected chi connectivity index (χ2v) is 7.62. The Kier molecular flexibility index (Phi) is 4.81. The van der Waals surface area contributed by atoms with Gasteiger partial charge < -0.3 is 0 Å². The zero-order valence-electron chi connectivity index (χ0n) is 10.8. The molecule has 1 saturated carbocycles. The summed E-state index contributed by atoms with van der Waals surface area (Å²) in [5.41, 5.74) is 1.23. The third-order valence-corrected chi connectivity index (χ3v) is 6.14. The maximum Gasteiger partial charge on any atom is 0.153 e. The highest BCUT2D eigenvalue weighted by Crippen LogP contribution is 2.24. The molecule has 18 heavy (non-hydrogen) atoms. The van der Waals surface area contributed by atoms with Gasteiger partial charge in [0.1, 0.15) is 0 Å². The van der Waals surface area contributed by atoms with Crippen LogP contribution in [0.4, 0.5) is 0 Å². The predicted molar refractivity (Wildman–Crippen MR) is 75.4 cm³/mol. The summed E-state index contributed by atoms with van der Waals surface area (Å²) in [7, 11) is -2.85. The Hall–Kier alpha value is -0.830. The second kappa shape index (κ2) is 6.37. The zero-order valence-corrected chi connectivity index (χ0v) is 11.7. The van der Waals surface area contributed by atoms with Gasteiger partial charge in [-0.2, -0.15) is 0 Å². The van der Waals surface area contributed by atoms with Crippen molar-refractivity contribution in [2.45, 2.75) is 50.2 Å². The van der Waals surface area contributed by atoms with E-state index in [0.717, 1.165) is 38.5 Å². The van der Waals surface area contributed by atoms with Crippen molar-refractivity contribution in [3.63, 3.8) is 0 Å². The van der Waals surface area contributed by atoms with Crippen molar-refractivity contribution in [2.75, 3.05) is 5.75 Å². The van der Waals surface area contributed by atoms with Gasteiger partial charge in [-0.3, -0.25) is 0 Å². The monoisotopic (exact) mass is 266 g/mol. The normalized spacial score (nSPS) is 17.8. The standard InChI is InChI=1S/C15H22O2S/c16-18(17,15-11-5-2-6-12-15)13-7-10-14-8-3-1-4-9-14/h1,3-4,8-9,15H,2,5-7,10-13H2. The quantitative estimate of drug-likeness (QED) is 0.819. The minimum absolute atomic E-state index is 0.0537. The molecule has 1 aliphatic carbocycles. The molecule has 0 saturated heterocycles. The van der Waals surface area contributed by atoms with E-state index in [2.05, 4.69) is 12.1 Å². The van der Waals surface area contributed by atoms with Crippen LogP contribution in [0.5, 0.6) is 0 Å². The Bertz CT molecular complexity index is 445. The van der Waals surface area contributed by atoms with Crippen LogP contribution in [0.25, 0.3) is 0 Å². The lowest BCUT2D eigenvalue weighted by Gasteiger charge is -2.21. The number of hydrogen-bond acceptors (Lipinski definition) is 2. The molecule has 0 amide bonds. The lowest BCUT2D eigenvalue weighted by molar-refractivity contribution is 0.483. The average Bonchev–Trinajstić information content (AvgIpc) is 2.41. The zero-order chi connectivity index (χ0) is 12.8. The molecule has 1 aromatic rings. The van der Waals surface area contributed by atoms with Gasteiger partial charge in [-0.15, -0.1) is 0 Å². The highest BCUT2D eigenvalue weighted by atomic mass is 32.2. The van der Waals surface area contributed by atoms with Gasteiger partial charge in [-0.05, 0) is 31.2 Å². The first kappa shape index (κ1) is 13.6. The summed E-state index contributed by atoms with van der Waals surface area (Å²) in [6.07, 6.45) is 6.76. The first-order valence-electron chi connectivity index (χ1n) is 6.94. The fourth-order valence-corrected chi connectivity index (χ4v) is 4.64. The molecule has 2 nitrogen and oxygen atoms in total. The maximum atomic E-state index is 12.2. The van der Waals surface area contributed by atoms with Gasteiger partial charge >= 0.3 is 0 Å². The molecule has 0 aliphatic heterocycles. The molecule has 1 aromatic carbocycles. The van der Waals surface area contributed by atoms with Gasteiger partial charge in [0.05, 0.1) is 11.0 Å². The smallest absolute Gasteiger partial charge is 0.153 e. The van der Waals surface area contributed by atoms with Crippen LogP contribution in [0.3, 0.4) is 0 Å². The second-order valence-electron chi connectivity index (χ2n) is 5.22. The molecule has 0 atom stereocenters. The molecule has 1 fully saturated rings. The van der Waals surface area contributed by atoms with Gasteiger partial charge in [0.2, 0.25) is 0 Å². The number of sulfone groups is 1. The summed E-state index contributed by atoms with van der Waals surface area (Å²) in [6, 6.07) is 10.1. The lowest BCUT2D eigenvalue weighted by atomic mass is 10.0. The van der Waals surface area contributed by atoms with Gasteiger partial charge in [0, 0.05) is 0 Å². The van der Waals surface area contributed by atoms with E-state index in [0.29, 0.717) is 5.75 Å². The fraction of sp³-hybridized carbons (Fsp3) is 0.600. The molecule has 100 valence electrons. The van der Waals surface area contributed by atoms with E-state index in [1.165, 1.54) is 12.0 Å². The van der Waals surface area contributed by atoms with Crippen LogP contribution in [0.1, 0.15) is 44.1 Å². The summed E-state index contributed by atoms with van der Waals surface area (Å²) in [4.78, 5) is 0. The predicted octanol–water partition coefficient (Wildman–Crippen LogP) is 3.37. The number of aryl methyl sites for hydroxylation is 1. The van der Waals surface area contributed by atoms with Crippen molar-refractivity contribution in [2.24, 2.45) is 0 Å². The van der Waals surface area contributed by atoms with E-state index < -0.39 is 9.84 Å². The molecule has 3 heteroatoms. The molecule has 1 aliphatic rings. The summed E-state index contributed by atoms with van der Waals surface area (Å²) >= 11 is 0. The maximum absolute atomic E-state index is 12.2. The fourth-order valence-electron chi connectivity index (χ4n) is 2.71. The third kappa shape index (κ3) is 3.84. The third-order valence-electron chi connectivity index (χ3n) is 3.80. The van der Waals surface area contributed by atoms with Crippen molar-refractivity contribution in [1.82, 2.24) is 0 Å². The van der Waals surface area contributed by atoms with Crippen molar-refractivity contribution in [3.05, 3.63) is 35.9 Å². The van der Waals surface area contributed by atoms with Crippen LogP contribution < -0.4 is 0 Å². The molecule has 0 aromatic heterocycles. The molecule has 0 radical (unpaired) electrons. The molecule has 0 N–H and O–H groups in total. The van der Waals surface area contributed by atoms with Crippen LogP contribution in [0.2, 0.25) is 0 Å². The first-order valence-corrected chi connectivity index (χ1v) is 8.65. The number of rotatable bonds is 5. The highest BCUT2D eigenvalue weighted by molar-refractivity contribution is 7.92. The Labute approximate surface area is 110 Å². The number of benzene rings is 1. The van der Waals surface area contributed by atoms with E-state index in [-0.39, 0.29) is 5.25 Å². The van der Waals surface area contributed by atoms with Crippen LogP contribution in [0, 0.1) is 0 Å². The Morgan fingerprint density at radius 3 is 2.33 bits per heavy atom. The van der Waals surface area contributed by atoms with Crippen molar-refractivity contribution in [1.29, 1.82) is 0 Å². The average molecular weight is 266 g/mol. The molecular weight excluding hydrogens is 244 g/mol. The van der Waals surface area contributed by atoms with Gasteiger partial charge in [0.25, 0.3) is 0 Å². The summed E-state index contributed by atoms with van der Waals surface area (Å²) < 4.78 is 24.4. The summed E-state index contributed by atoms with van der Waals surface area (Å²) in [6.45, 7) is 0. The van der Waals surface area contributed by atoms with Gasteiger partial charge in [-0.1, -0.05) is 49.6 Å². The summed E-state index contributed by atoms with van der Waals surface area (Å²) in [5.74, 6) is 0.354. The van der Waals surface area contributed by atoms with E-state index in [9.17, 15) is 8.42 Å². The van der Waals surface area contributed by atoms with E-state index in [1.54, 1.807) is 0 Å². The molecule has 2 rings (SSSR count). The minimum Gasteiger partial charge on any atom is -0.229 e. The lowest BCUT2D eigenvalue weighted by Crippen LogP contribution is -2.26. The summed E-state index contributed by atoms with van der Waals surface area (Å²) in [5, 5.41) is -0.0537. The molecule has 0 heterocycles. The molecule has 0 unspecified atom stereocenters. The topological polar surface area (TPSA) is 34.1 Å². The van der Waals surface area contributed by atoms with E-state index >= 15 is 0 Å². The van der Waals surface area contributed by atoms with E-state index in [1.807, 2.05) is 18.2 Å². The first-order chi connectivity index (χ1) is 8.68. The van der Waals surface area contributed by atoms with E-state index in [4.69, 9.17) is 0 Å². The molecule has 0 spiro atoms. The SMILES string of the molecule is O=S(=O)(CCCc1ccccc1)C1CCCCC1. The van der Waals surface area contributed by atoms with Crippen LogP contribution in [-0.2, 0) is 16.3 Å². The van der Waals surface area contributed by atoms with Crippen LogP contribution >= 0.6 is 0 Å². The van der Waals surface area contributed by atoms with Crippen LogP contribution in [0.15, 0.2) is 30.3 Å². The molecular formula is C15H22O2S. The highest BCUT2D eigenvalue weighted by Gasteiger charge is 2.26. The van der Waals surface area contributed by atoms with Crippen molar-refractivity contribution in [3.8, 4) is 0 Å². The van der Waals surface area contributed by atoms with Crippen molar-refractivity contribution < 1.29 is 8.42 Å². The molecule has 0 bridgehead atoms. The Morgan fingerprint density at radius 2 is 1.67 bits per heavy atom. The Balaban J connectivity index is 1.82. The van der Waals surface area contributed by atoms with Gasteiger partial charge in [0.15, 0.2) is 9.84 Å². The van der Waals surface area contributed by atoms with Gasteiger partial charge in [-0.25, -0.2) is 8.42 Å². The minimum atomic E-state index is -2.85.